The Labute approximate surface area is 168 Å². The average molecular weight is 401 g/mol. The van der Waals surface area contributed by atoms with Crippen LogP contribution in [0.5, 0.6) is 0 Å². The molecule has 1 aromatic carbocycles. The molecular formula is C21H24N2O4S. The zero-order valence-electron chi connectivity index (χ0n) is 16.0. The molecule has 2 aromatic rings. The fourth-order valence-corrected chi connectivity index (χ4v) is 3.77. The van der Waals surface area contributed by atoms with E-state index >= 15 is 0 Å². The number of hydrogen-bond donors (Lipinski definition) is 2. The number of para-hydroxylation sites is 1. The Hall–Kier alpha value is -2.67. The summed E-state index contributed by atoms with van der Waals surface area (Å²) in [5.41, 5.74) is 1.94. The smallest absolute Gasteiger partial charge is 0.348 e. The molecule has 2 N–H and O–H groups in total. The normalized spacial score (nSPS) is 13.1. The topological polar surface area (TPSA) is 84.5 Å². The van der Waals surface area contributed by atoms with E-state index in [1.165, 1.54) is 11.3 Å². The van der Waals surface area contributed by atoms with E-state index in [0.29, 0.717) is 16.1 Å². The Morgan fingerprint density at radius 2 is 1.96 bits per heavy atom. The van der Waals surface area contributed by atoms with Crippen molar-refractivity contribution in [2.75, 3.05) is 11.9 Å². The molecule has 0 radical (unpaired) electrons. The Morgan fingerprint density at radius 1 is 1.21 bits per heavy atom. The van der Waals surface area contributed by atoms with Crippen LogP contribution in [0.25, 0.3) is 0 Å². The van der Waals surface area contributed by atoms with Crippen LogP contribution in [0.1, 0.15) is 56.7 Å². The molecular weight excluding hydrogens is 376 g/mol. The van der Waals surface area contributed by atoms with Gasteiger partial charge < -0.3 is 15.4 Å². The third-order valence-corrected chi connectivity index (χ3v) is 5.51. The Kier molecular flexibility index (Phi) is 6.46. The van der Waals surface area contributed by atoms with Crippen LogP contribution in [0.4, 0.5) is 5.69 Å². The minimum atomic E-state index is -0.509. The lowest BCUT2D eigenvalue weighted by Gasteiger charge is -2.11. The number of carbonyl (C=O) groups excluding carboxylic acids is 3. The van der Waals surface area contributed by atoms with Gasteiger partial charge in [0, 0.05) is 10.9 Å². The van der Waals surface area contributed by atoms with Gasteiger partial charge in [0.1, 0.15) is 4.88 Å². The van der Waals surface area contributed by atoms with E-state index in [1.807, 2.05) is 13.0 Å². The van der Waals surface area contributed by atoms with E-state index in [0.717, 1.165) is 36.1 Å². The largest absolute Gasteiger partial charge is 0.451 e. The van der Waals surface area contributed by atoms with Crippen LogP contribution in [-0.4, -0.2) is 30.4 Å². The molecule has 1 heterocycles. The van der Waals surface area contributed by atoms with Crippen LogP contribution in [0.2, 0.25) is 0 Å². The van der Waals surface area contributed by atoms with Crippen LogP contribution in [-0.2, 0) is 16.0 Å². The van der Waals surface area contributed by atoms with Gasteiger partial charge in [-0.25, -0.2) is 4.79 Å². The highest BCUT2D eigenvalue weighted by atomic mass is 32.1. The van der Waals surface area contributed by atoms with Crippen LogP contribution < -0.4 is 10.6 Å². The lowest BCUT2D eigenvalue weighted by Crippen LogP contribution is -2.27. The van der Waals surface area contributed by atoms with E-state index < -0.39 is 18.5 Å². The molecule has 6 nitrogen and oxygen atoms in total. The Balaban J connectivity index is 1.56. The standard InChI is InChI=1S/C21H24N2O4S/c1-3-6-14-11-18(28-13(14)2)21(26)27-12-19(24)23-17-8-5-4-7-16(17)20(25)22-15-9-10-15/h4-5,7-8,11,15H,3,6,9-10,12H2,1-2H3,(H,22,25)(H,23,24). The fraction of sp³-hybridized carbons (Fsp3) is 0.381. The molecule has 148 valence electrons. The number of amides is 2. The lowest BCUT2D eigenvalue weighted by atomic mass is 10.1. The summed E-state index contributed by atoms with van der Waals surface area (Å²) in [6.07, 6.45) is 3.88. The predicted molar refractivity (Wildman–Crippen MR) is 109 cm³/mol. The van der Waals surface area contributed by atoms with E-state index in [1.54, 1.807) is 24.3 Å². The van der Waals surface area contributed by atoms with Crippen LogP contribution in [0, 0.1) is 6.92 Å². The van der Waals surface area contributed by atoms with Crippen molar-refractivity contribution in [1.29, 1.82) is 0 Å². The molecule has 0 unspecified atom stereocenters. The van der Waals surface area contributed by atoms with Crippen molar-refractivity contribution in [3.8, 4) is 0 Å². The van der Waals surface area contributed by atoms with Crippen LogP contribution in [0.15, 0.2) is 30.3 Å². The maximum atomic E-state index is 12.3. The van der Waals surface area contributed by atoms with Gasteiger partial charge in [-0.2, -0.15) is 0 Å². The Morgan fingerprint density at radius 3 is 2.68 bits per heavy atom. The van der Waals surface area contributed by atoms with Crippen molar-refractivity contribution in [3.05, 3.63) is 51.2 Å². The van der Waals surface area contributed by atoms with E-state index in [4.69, 9.17) is 4.74 Å². The lowest BCUT2D eigenvalue weighted by molar-refractivity contribution is -0.119. The first kappa shape index (κ1) is 20.1. The summed E-state index contributed by atoms with van der Waals surface area (Å²) in [7, 11) is 0. The third-order valence-electron chi connectivity index (χ3n) is 4.43. The number of benzene rings is 1. The molecule has 1 aromatic heterocycles. The number of rotatable bonds is 8. The maximum absolute atomic E-state index is 12.3. The number of aryl methyl sites for hydroxylation is 2. The molecule has 0 aliphatic heterocycles. The van der Waals surface area contributed by atoms with E-state index in [9.17, 15) is 14.4 Å². The van der Waals surface area contributed by atoms with Gasteiger partial charge in [-0.3, -0.25) is 9.59 Å². The first-order valence-electron chi connectivity index (χ1n) is 9.44. The molecule has 1 aliphatic rings. The summed E-state index contributed by atoms with van der Waals surface area (Å²) >= 11 is 1.38. The minimum Gasteiger partial charge on any atom is -0.451 e. The number of carbonyl (C=O) groups is 3. The summed E-state index contributed by atoms with van der Waals surface area (Å²) in [6, 6.07) is 8.85. The minimum absolute atomic E-state index is 0.215. The summed E-state index contributed by atoms with van der Waals surface area (Å²) < 4.78 is 5.14. The first-order valence-corrected chi connectivity index (χ1v) is 10.3. The monoisotopic (exact) mass is 400 g/mol. The molecule has 3 rings (SSSR count). The number of anilines is 1. The molecule has 7 heteroatoms. The SMILES string of the molecule is CCCc1cc(C(=O)OCC(=O)Nc2ccccc2C(=O)NC2CC2)sc1C. The van der Waals surface area contributed by atoms with Crippen LogP contribution in [0.3, 0.4) is 0 Å². The Bertz CT molecular complexity index is 886. The first-order chi connectivity index (χ1) is 13.5. The van der Waals surface area contributed by atoms with Gasteiger partial charge in [0.25, 0.3) is 11.8 Å². The number of thiophene rings is 1. The highest BCUT2D eigenvalue weighted by Gasteiger charge is 2.25. The highest BCUT2D eigenvalue weighted by molar-refractivity contribution is 7.14. The molecule has 28 heavy (non-hydrogen) atoms. The number of esters is 1. The van der Waals surface area contributed by atoms with E-state index in [-0.39, 0.29) is 11.9 Å². The van der Waals surface area contributed by atoms with E-state index in [2.05, 4.69) is 17.6 Å². The molecule has 0 saturated heterocycles. The van der Waals surface area contributed by atoms with Gasteiger partial charge in [-0.1, -0.05) is 25.5 Å². The molecule has 1 fully saturated rings. The number of hydrogen-bond acceptors (Lipinski definition) is 5. The van der Waals surface area contributed by atoms with Crippen LogP contribution >= 0.6 is 11.3 Å². The maximum Gasteiger partial charge on any atom is 0.348 e. The second-order valence-electron chi connectivity index (χ2n) is 6.86. The predicted octanol–water partition coefficient (Wildman–Crippen LogP) is 3.70. The van der Waals surface area contributed by atoms with Gasteiger partial charge in [-0.05, 0) is 49.9 Å². The summed E-state index contributed by atoms with van der Waals surface area (Å²) in [5.74, 6) is -1.21. The third kappa shape index (κ3) is 5.19. The van der Waals surface area contributed by atoms with Crippen molar-refractivity contribution >= 4 is 34.8 Å². The summed E-state index contributed by atoms with van der Waals surface area (Å²) in [4.78, 5) is 38.3. The molecule has 0 spiro atoms. The molecule has 0 atom stereocenters. The fourth-order valence-electron chi connectivity index (χ4n) is 2.81. The molecule has 2 amide bonds. The van der Waals surface area contributed by atoms with Crippen molar-refractivity contribution in [2.24, 2.45) is 0 Å². The van der Waals surface area contributed by atoms with Gasteiger partial charge >= 0.3 is 5.97 Å². The number of ether oxygens (including phenoxy) is 1. The van der Waals surface area contributed by atoms with Gasteiger partial charge in [-0.15, -0.1) is 11.3 Å². The quantitative estimate of drug-likeness (QED) is 0.662. The molecule has 1 saturated carbocycles. The zero-order chi connectivity index (χ0) is 20.1. The highest BCUT2D eigenvalue weighted by Crippen LogP contribution is 2.24. The van der Waals surface area contributed by atoms with Crippen molar-refractivity contribution < 1.29 is 19.1 Å². The molecule has 1 aliphatic carbocycles. The van der Waals surface area contributed by atoms with Crippen molar-refractivity contribution in [2.45, 2.75) is 45.6 Å². The summed E-state index contributed by atoms with van der Waals surface area (Å²) in [5, 5.41) is 5.55. The van der Waals surface area contributed by atoms with Crippen molar-refractivity contribution in [1.82, 2.24) is 5.32 Å². The second-order valence-corrected chi connectivity index (χ2v) is 8.12. The average Bonchev–Trinajstić information content (AvgIpc) is 3.41. The van der Waals surface area contributed by atoms with Gasteiger partial charge in [0.05, 0.1) is 11.3 Å². The second kappa shape index (κ2) is 9.01. The number of nitrogens with one attached hydrogen (secondary N) is 2. The summed E-state index contributed by atoms with van der Waals surface area (Å²) in [6.45, 7) is 3.66. The van der Waals surface area contributed by atoms with Crippen molar-refractivity contribution in [3.63, 3.8) is 0 Å². The van der Waals surface area contributed by atoms with Gasteiger partial charge in [0.2, 0.25) is 0 Å². The molecule has 0 bridgehead atoms. The zero-order valence-corrected chi connectivity index (χ0v) is 16.9. The van der Waals surface area contributed by atoms with Gasteiger partial charge in [0.15, 0.2) is 6.61 Å².